The number of hydrogen-bond donors (Lipinski definition) is 1. The summed E-state index contributed by atoms with van der Waals surface area (Å²) >= 11 is 0. The molecular weight excluding hydrogens is 373 g/mol. The fraction of sp³-hybridized carbons (Fsp3) is 0.333. The summed E-state index contributed by atoms with van der Waals surface area (Å²) < 4.78 is 41.4. The van der Waals surface area contributed by atoms with Gasteiger partial charge in [0.1, 0.15) is 0 Å². The Morgan fingerprint density at radius 1 is 1.25 bits per heavy atom. The van der Waals surface area contributed by atoms with Crippen LogP contribution in [0.3, 0.4) is 0 Å². The minimum absolute atomic E-state index is 0.127. The SMILES string of the molecule is Cc1nn(-c2ccc(C(F)(F)F)cn2)c(C)c1CC(=O)NCCn1ccnc1. The minimum atomic E-state index is -4.44. The number of pyridine rings is 1. The van der Waals surface area contributed by atoms with Gasteiger partial charge < -0.3 is 9.88 Å². The third-order valence-corrected chi connectivity index (χ3v) is 4.32. The van der Waals surface area contributed by atoms with E-state index in [0.717, 1.165) is 17.8 Å². The van der Waals surface area contributed by atoms with Gasteiger partial charge in [0.2, 0.25) is 5.91 Å². The van der Waals surface area contributed by atoms with Crippen LogP contribution in [0.15, 0.2) is 37.1 Å². The van der Waals surface area contributed by atoms with E-state index in [9.17, 15) is 18.0 Å². The van der Waals surface area contributed by atoms with E-state index in [-0.39, 0.29) is 18.1 Å². The first-order valence-corrected chi connectivity index (χ1v) is 8.57. The van der Waals surface area contributed by atoms with Crippen molar-refractivity contribution in [3.8, 4) is 5.82 Å². The molecule has 3 heterocycles. The molecule has 0 fully saturated rings. The first kappa shape index (κ1) is 19.6. The molecule has 0 saturated heterocycles. The maximum atomic E-state index is 12.7. The molecular formula is C18H19F3N6O. The molecule has 1 N–H and O–H groups in total. The number of carbonyl (C=O) groups excluding carboxylic acids is 1. The van der Waals surface area contributed by atoms with E-state index in [2.05, 4.69) is 20.4 Å². The molecule has 0 aliphatic rings. The molecule has 0 aliphatic carbocycles. The van der Waals surface area contributed by atoms with Crippen LogP contribution in [-0.4, -0.2) is 36.8 Å². The molecule has 0 radical (unpaired) electrons. The van der Waals surface area contributed by atoms with Gasteiger partial charge in [-0.15, -0.1) is 0 Å². The van der Waals surface area contributed by atoms with Crippen LogP contribution >= 0.6 is 0 Å². The first-order valence-electron chi connectivity index (χ1n) is 8.57. The molecule has 1 amide bonds. The monoisotopic (exact) mass is 392 g/mol. The number of nitrogens with one attached hydrogen (secondary N) is 1. The Hall–Kier alpha value is -3.17. The van der Waals surface area contributed by atoms with Crippen LogP contribution in [0, 0.1) is 13.8 Å². The van der Waals surface area contributed by atoms with Gasteiger partial charge >= 0.3 is 6.18 Å². The van der Waals surface area contributed by atoms with Crippen molar-refractivity contribution in [2.24, 2.45) is 0 Å². The Morgan fingerprint density at radius 3 is 2.64 bits per heavy atom. The van der Waals surface area contributed by atoms with Crippen LogP contribution in [0.5, 0.6) is 0 Å². The maximum Gasteiger partial charge on any atom is 0.417 e. The van der Waals surface area contributed by atoms with Gasteiger partial charge in [0.25, 0.3) is 0 Å². The highest BCUT2D eigenvalue weighted by Crippen LogP contribution is 2.29. The summed E-state index contributed by atoms with van der Waals surface area (Å²) in [6, 6.07) is 2.22. The van der Waals surface area contributed by atoms with Gasteiger partial charge in [-0.2, -0.15) is 18.3 Å². The second-order valence-corrected chi connectivity index (χ2v) is 6.29. The van der Waals surface area contributed by atoms with Gasteiger partial charge in [-0.25, -0.2) is 14.6 Å². The van der Waals surface area contributed by atoms with Crippen LogP contribution in [0.4, 0.5) is 13.2 Å². The summed E-state index contributed by atoms with van der Waals surface area (Å²) in [5, 5.41) is 7.16. The van der Waals surface area contributed by atoms with E-state index in [0.29, 0.717) is 24.5 Å². The van der Waals surface area contributed by atoms with E-state index in [1.807, 2.05) is 10.8 Å². The summed E-state index contributed by atoms with van der Waals surface area (Å²) in [5.41, 5.74) is 1.19. The summed E-state index contributed by atoms with van der Waals surface area (Å²) in [5.74, 6) is 0.103. The zero-order valence-corrected chi connectivity index (χ0v) is 15.4. The summed E-state index contributed by atoms with van der Waals surface area (Å²) in [4.78, 5) is 20.0. The molecule has 0 unspecified atom stereocenters. The van der Waals surface area contributed by atoms with Gasteiger partial charge in [0, 0.05) is 42.9 Å². The molecule has 0 atom stereocenters. The molecule has 0 spiro atoms. The number of aromatic nitrogens is 5. The zero-order valence-electron chi connectivity index (χ0n) is 15.4. The number of alkyl halides is 3. The number of nitrogens with zero attached hydrogens (tertiary/aromatic N) is 5. The van der Waals surface area contributed by atoms with E-state index < -0.39 is 11.7 Å². The van der Waals surface area contributed by atoms with E-state index in [1.54, 1.807) is 26.4 Å². The number of carbonyl (C=O) groups is 1. The Labute approximate surface area is 159 Å². The molecule has 7 nitrogen and oxygen atoms in total. The molecule has 28 heavy (non-hydrogen) atoms. The van der Waals surface area contributed by atoms with E-state index in [4.69, 9.17) is 0 Å². The van der Waals surface area contributed by atoms with Crippen molar-refractivity contribution in [1.82, 2.24) is 29.6 Å². The lowest BCUT2D eigenvalue weighted by Gasteiger charge is -2.08. The molecule has 3 aromatic rings. The highest BCUT2D eigenvalue weighted by atomic mass is 19.4. The largest absolute Gasteiger partial charge is 0.417 e. The van der Waals surface area contributed by atoms with Gasteiger partial charge in [0.05, 0.1) is 24.0 Å². The average molecular weight is 392 g/mol. The lowest BCUT2D eigenvalue weighted by atomic mass is 10.1. The number of aryl methyl sites for hydroxylation is 1. The first-order chi connectivity index (χ1) is 13.3. The lowest BCUT2D eigenvalue weighted by Crippen LogP contribution is -2.28. The van der Waals surface area contributed by atoms with Crippen LogP contribution in [-0.2, 0) is 23.9 Å². The van der Waals surface area contributed by atoms with Crippen LogP contribution in [0.2, 0.25) is 0 Å². The fourth-order valence-corrected chi connectivity index (χ4v) is 2.80. The molecule has 0 saturated carbocycles. The summed E-state index contributed by atoms with van der Waals surface area (Å²) in [6.07, 6.45) is 1.60. The van der Waals surface area contributed by atoms with Gasteiger partial charge in [-0.3, -0.25) is 4.79 Å². The zero-order chi connectivity index (χ0) is 20.3. The predicted molar refractivity (Wildman–Crippen MR) is 94.8 cm³/mol. The molecule has 0 aliphatic heterocycles. The smallest absolute Gasteiger partial charge is 0.354 e. The number of halogens is 3. The number of rotatable bonds is 6. The normalized spacial score (nSPS) is 11.6. The van der Waals surface area contributed by atoms with Gasteiger partial charge in [-0.05, 0) is 26.0 Å². The topological polar surface area (TPSA) is 77.6 Å². The Balaban J connectivity index is 1.68. The van der Waals surface area contributed by atoms with Crippen molar-refractivity contribution in [2.75, 3.05) is 6.54 Å². The third-order valence-electron chi connectivity index (χ3n) is 4.32. The highest BCUT2D eigenvalue weighted by molar-refractivity contribution is 5.79. The van der Waals surface area contributed by atoms with Crippen LogP contribution < -0.4 is 5.32 Å². The van der Waals surface area contributed by atoms with Gasteiger partial charge in [0.15, 0.2) is 5.82 Å². The van der Waals surface area contributed by atoms with Crippen molar-refractivity contribution in [2.45, 2.75) is 33.0 Å². The van der Waals surface area contributed by atoms with Crippen LogP contribution in [0.25, 0.3) is 5.82 Å². The number of hydrogen-bond acceptors (Lipinski definition) is 4. The average Bonchev–Trinajstić information content (AvgIpc) is 3.25. The standard InChI is InChI=1S/C18H19F3N6O/c1-12-15(9-17(28)23-6-8-26-7-5-22-11-26)13(2)27(25-12)16-4-3-14(10-24-16)18(19,20)21/h3-5,7,10-11H,6,8-9H2,1-2H3,(H,23,28). The van der Waals surface area contributed by atoms with Crippen molar-refractivity contribution < 1.29 is 18.0 Å². The number of imidazole rings is 1. The number of amides is 1. The van der Waals surface area contributed by atoms with Crippen molar-refractivity contribution in [3.05, 3.63) is 59.6 Å². The lowest BCUT2D eigenvalue weighted by molar-refractivity contribution is -0.137. The molecule has 3 aromatic heterocycles. The molecule has 3 rings (SSSR count). The molecule has 10 heteroatoms. The molecule has 0 bridgehead atoms. The minimum Gasteiger partial charge on any atom is -0.354 e. The van der Waals surface area contributed by atoms with E-state index in [1.165, 1.54) is 10.7 Å². The van der Waals surface area contributed by atoms with Gasteiger partial charge in [-0.1, -0.05) is 0 Å². The summed E-state index contributed by atoms with van der Waals surface area (Å²) in [6.45, 7) is 4.58. The fourth-order valence-electron chi connectivity index (χ4n) is 2.80. The Bertz CT molecular complexity index is 945. The predicted octanol–water partition coefficient (Wildman–Crippen LogP) is 2.46. The maximum absolute atomic E-state index is 12.7. The quantitative estimate of drug-likeness (QED) is 0.699. The second kappa shape index (κ2) is 7.83. The Kier molecular flexibility index (Phi) is 5.48. The van der Waals surface area contributed by atoms with Crippen molar-refractivity contribution in [1.29, 1.82) is 0 Å². The molecule has 148 valence electrons. The summed E-state index contributed by atoms with van der Waals surface area (Å²) in [7, 11) is 0. The highest BCUT2D eigenvalue weighted by Gasteiger charge is 2.30. The van der Waals surface area contributed by atoms with Crippen LogP contribution in [0.1, 0.15) is 22.5 Å². The second-order valence-electron chi connectivity index (χ2n) is 6.29. The van der Waals surface area contributed by atoms with Crippen molar-refractivity contribution in [3.63, 3.8) is 0 Å². The Morgan fingerprint density at radius 2 is 2.04 bits per heavy atom. The molecule has 0 aromatic carbocycles. The van der Waals surface area contributed by atoms with Crippen molar-refractivity contribution >= 4 is 5.91 Å². The van der Waals surface area contributed by atoms with E-state index >= 15 is 0 Å². The third kappa shape index (κ3) is 4.38.